The maximum atomic E-state index is 4.58. The van der Waals surface area contributed by atoms with Crippen molar-refractivity contribution in [2.24, 2.45) is 5.41 Å². The quantitative estimate of drug-likeness (QED) is 0.877. The van der Waals surface area contributed by atoms with Crippen molar-refractivity contribution in [2.75, 3.05) is 18.5 Å². The van der Waals surface area contributed by atoms with Crippen molar-refractivity contribution in [2.45, 2.75) is 27.2 Å². The lowest BCUT2D eigenvalue weighted by Crippen LogP contribution is -2.23. The predicted molar refractivity (Wildman–Crippen MR) is 73.4 cm³/mol. The number of fused-ring (bicyclic) bond motifs is 1. The fourth-order valence-corrected chi connectivity index (χ4v) is 1.73. The summed E-state index contributed by atoms with van der Waals surface area (Å²) in [6, 6.07) is 8.14. The van der Waals surface area contributed by atoms with Crippen LogP contribution in [0.3, 0.4) is 0 Å². The Kier molecular flexibility index (Phi) is 3.09. The topological polar surface area (TPSA) is 31.9 Å². The van der Waals surface area contributed by atoms with Gasteiger partial charge in [0.05, 0.1) is 11.0 Å². The Morgan fingerprint density at radius 3 is 2.59 bits per heavy atom. The van der Waals surface area contributed by atoms with E-state index >= 15 is 0 Å². The van der Waals surface area contributed by atoms with Crippen LogP contribution < -0.4 is 4.90 Å². The van der Waals surface area contributed by atoms with Crippen molar-refractivity contribution in [1.82, 2.24) is 9.97 Å². The van der Waals surface area contributed by atoms with Crippen molar-refractivity contribution >= 4 is 17.0 Å². The molecule has 0 unspecified atom stereocenters. The van der Waals surface area contributed by atoms with Gasteiger partial charge in [-0.15, -0.1) is 0 Å². The van der Waals surface area contributed by atoms with E-state index < -0.39 is 0 Å². The molecule has 3 nitrogen and oxygen atoms in total. The number of nitrogens with zero attached hydrogens (tertiary/aromatic N) is 2. The number of nitrogens with one attached hydrogen (secondary N) is 1. The largest absolute Gasteiger partial charge is 0.345 e. The van der Waals surface area contributed by atoms with Gasteiger partial charge in [-0.05, 0) is 24.0 Å². The number of benzene rings is 1. The van der Waals surface area contributed by atoms with Crippen LogP contribution in [-0.2, 0) is 0 Å². The summed E-state index contributed by atoms with van der Waals surface area (Å²) in [6.07, 6.45) is 1.15. The number of anilines is 1. The van der Waals surface area contributed by atoms with E-state index in [0.29, 0.717) is 5.41 Å². The number of imidazole rings is 1. The summed E-state index contributed by atoms with van der Waals surface area (Å²) >= 11 is 0. The van der Waals surface area contributed by atoms with Gasteiger partial charge >= 0.3 is 0 Å². The van der Waals surface area contributed by atoms with Gasteiger partial charge in [0.2, 0.25) is 5.95 Å². The van der Waals surface area contributed by atoms with Gasteiger partial charge in [-0.1, -0.05) is 32.9 Å². The SMILES string of the molecule is CN(CCC(C)(C)C)c1nc2ccccc2[nH]1. The minimum absolute atomic E-state index is 0.361. The fourth-order valence-electron chi connectivity index (χ4n) is 1.73. The summed E-state index contributed by atoms with van der Waals surface area (Å²) in [5.41, 5.74) is 2.50. The average Bonchev–Trinajstić information content (AvgIpc) is 2.68. The van der Waals surface area contributed by atoms with E-state index in [1.807, 2.05) is 18.2 Å². The van der Waals surface area contributed by atoms with E-state index in [1.54, 1.807) is 0 Å². The molecule has 1 heterocycles. The van der Waals surface area contributed by atoms with Crippen molar-refractivity contribution in [3.8, 4) is 0 Å². The van der Waals surface area contributed by atoms with Gasteiger partial charge in [-0.3, -0.25) is 0 Å². The molecule has 0 aliphatic heterocycles. The minimum atomic E-state index is 0.361. The second-order valence-electron chi connectivity index (χ2n) is 5.81. The Hall–Kier alpha value is -1.51. The molecule has 0 fully saturated rings. The van der Waals surface area contributed by atoms with Gasteiger partial charge in [-0.25, -0.2) is 4.98 Å². The number of para-hydroxylation sites is 2. The van der Waals surface area contributed by atoms with Crippen molar-refractivity contribution in [1.29, 1.82) is 0 Å². The molecular formula is C14H21N3. The molecule has 0 spiro atoms. The van der Waals surface area contributed by atoms with Crippen molar-refractivity contribution in [3.05, 3.63) is 24.3 Å². The summed E-state index contributed by atoms with van der Waals surface area (Å²) in [6.45, 7) is 7.81. The summed E-state index contributed by atoms with van der Waals surface area (Å²) in [4.78, 5) is 10.1. The van der Waals surface area contributed by atoms with Crippen molar-refractivity contribution in [3.63, 3.8) is 0 Å². The third-order valence-electron chi connectivity index (χ3n) is 2.94. The number of hydrogen-bond donors (Lipinski definition) is 1. The van der Waals surface area contributed by atoms with E-state index in [1.165, 1.54) is 0 Å². The van der Waals surface area contributed by atoms with Crippen molar-refractivity contribution < 1.29 is 0 Å². The van der Waals surface area contributed by atoms with E-state index in [4.69, 9.17) is 0 Å². The van der Waals surface area contributed by atoms with Gasteiger partial charge in [0.1, 0.15) is 0 Å². The highest BCUT2D eigenvalue weighted by Crippen LogP contribution is 2.21. The number of aromatic nitrogens is 2. The van der Waals surface area contributed by atoms with Crippen LogP contribution in [0.1, 0.15) is 27.2 Å². The van der Waals surface area contributed by atoms with E-state index in [0.717, 1.165) is 29.9 Å². The molecule has 0 aliphatic rings. The summed E-state index contributed by atoms with van der Waals surface area (Å²) in [5.74, 6) is 0.954. The van der Waals surface area contributed by atoms with Crippen LogP contribution in [0.2, 0.25) is 0 Å². The molecule has 1 aromatic heterocycles. The minimum Gasteiger partial charge on any atom is -0.345 e. The number of hydrogen-bond acceptors (Lipinski definition) is 2. The molecule has 1 aromatic carbocycles. The Bertz CT molecular complexity index is 460. The predicted octanol–water partition coefficient (Wildman–Crippen LogP) is 3.44. The first-order valence-electron chi connectivity index (χ1n) is 6.12. The maximum absolute atomic E-state index is 4.58. The Morgan fingerprint density at radius 1 is 1.24 bits per heavy atom. The molecule has 0 radical (unpaired) electrons. The lowest BCUT2D eigenvalue weighted by atomic mass is 9.92. The van der Waals surface area contributed by atoms with E-state index in [-0.39, 0.29) is 0 Å². The zero-order valence-electron chi connectivity index (χ0n) is 11.1. The smallest absolute Gasteiger partial charge is 0.203 e. The van der Waals surface area contributed by atoms with Gasteiger partial charge in [0.15, 0.2) is 0 Å². The molecule has 0 saturated heterocycles. The van der Waals surface area contributed by atoms with Gasteiger partial charge in [0, 0.05) is 13.6 Å². The third-order valence-corrected chi connectivity index (χ3v) is 2.94. The molecular weight excluding hydrogens is 210 g/mol. The normalized spacial score (nSPS) is 12.0. The van der Waals surface area contributed by atoms with Crippen LogP contribution in [0.25, 0.3) is 11.0 Å². The fraction of sp³-hybridized carbons (Fsp3) is 0.500. The summed E-state index contributed by atoms with van der Waals surface area (Å²) in [5, 5.41) is 0. The van der Waals surface area contributed by atoms with Crippen LogP contribution >= 0.6 is 0 Å². The average molecular weight is 231 g/mol. The first-order chi connectivity index (χ1) is 7.96. The highest BCUT2D eigenvalue weighted by Gasteiger charge is 2.13. The summed E-state index contributed by atoms with van der Waals surface area (Å²) < 4.78 is 0. The molecule has 0 atom stereocenters. The van der Waals surface area contributed by atoms with Crippen LogP contribution in [0, 0.1) is 5.41 Å². The molecule has 2 aromatic rings. The second kappa shape index (κ2) is 4.40. The monoisotopic (exact) mass is 231 g/mol. The zero-order valence-corrected chi connectivity index (χ0v) is 11.1. The molecule has 3 heteroatoms. The third kappa shape index (κ3) is 2.99. The molecule has 0 saturated carbocycles. The molecule has 2 rings (SSSR count). The van der Waals surface area contributed by atoms with Crippen LogP contribution in [0.15, 0.2) is 24.3 Å². The Balaban J connectivity index is 2.11. The molecule has 0 amide bonds. The molecule has 17 heavy (non-hydrogen) atoms. The first kappa shape index (κ1) is 12.0. The Labute approximate surface area is 103 Å². The molecule has 1 N–H and O–H groups in total. The van der Waals surface area contributed by atoms with Crippen LogP contribution in [-0.4, -0.2) is 23.6 Å². The number of H-pyrrole nitrogens is 1. The number of aromatic amines is 1. The lowest BCUT2D eigenvalue weighted by molar-refractivity contribution is 0.381. The second-order valence-corrected chi connectivity index (χ2v) is 5.81. The standard InChI is InChI=1S/C14H21N3/c1-14(2,3)9-10-17(4)13-15-11-7-5-6-8-12(11)16-13/h5-8H,9-10H2,1-4H3,(H,15,16). The highest BCUT2D eigenvalue weighted by molar-refractivity contribution is 5.77. The van der Waals surface area contributed by atoms with E-state index in [2.05, 4.69) is 48.8 Å². The molecule has 92 valence electrons. The highest BCUT2D eigenvalue weighted by atomic mass is 15.2. The first-order valence-corrected chi connectivity index (χ1v) is 6.12. The number of rotatable bonds is 3. The van der Waals surface area contributed by atoms with Crippen LogP contribution in [0.5, 0.6) is 0 Å². The zero-order chi connectivity index (χ0) is 12.5. The van der Waals surface area contributed by atoms with E-state index in [9.17, 15) is 0 Å². The maximum Gasteiger partial charge on any atom is 0.203 e. The van der Waals surface area contributed by atoms with Crippen LogP contribution in [0.4, 0.5) is 5.95 Å². The van der Waals surface area contributed by atoms with Gasteiger partial charge in [-0.2, -0.15) is 0 Å². The summed E-state index contributed by atoms with van der Waals surface area (Å²) in [7, 11) is 2.09. The Morgan fingerprint density at radius 2 is 1.94 bits per heavy atom. The molecule has 0 aliphatic carbocycles. The van der Waals surface area contributed by atoms with Gasteiger partial charge < -0.3 is 9.88 Å². The van der Waals surface area contributed by atoms with Gasteiger partial charge in [0.25, 0.3) is 0 Å². The lowest BCUT2D eigenvalue weighted by Gasteiger charge is -2.23. The molecule has 0 bridgehead atoms.